The van der Waals surface area contributed by atoms with Gasteiger partial charge in [0.05, 0.1) is 17.0 Å². The normalized spacial score (nSPS) is 13.0. The van der Waals surface area contributed by atoms with Gasteiger partial charge in [-0.3, -0.25) is 9.20 Å². The molecule has 0 fully saturated rings. The van der Waals surface area contributed by atoms with Crippen LogP contribution in [0, 0.1) is 6.92 Å². The van der Waals surface area contributed by atoms with Crippen molar-refractivity contribution in [2.24, 2.45) is 5.73 Å². The summed E-state index contributed by atoms with van der Waals surface area (Å²) >= 11 is 0. The molecule has 5 rings (SSSR count). The van der Waals surface area contributed by atoms with Crippen molar-refractivity contribution in [3.8, 4) is 11.5 Å². The predicted molar refractivity (Wildman–Crippen MR) is 128 cm³/mol. The molecule has 4 heterocycles. The third-order valence-corrected chi connectivity index (χ3v) is 5.94. The highest BCUT2D eigenvalue weighted by Crippen LogP contribution is 2.28. The first-order chi connectivity index (χ1) is 16.4. The van der Waals surface area contributed by atoms with E-state index in [0.29, 0.717) is 52.8 Å². The van der Waals surface area contributed by atoms with Crippen molar-refractivity contribution < 1.29 is 14.8 Å². The second-order valence-electron chi connectivity index (χ2n) is 8.25. The summed E-state index contributed by atoms with van der Waals surface area (Å²) in [6.07, 6.45) is 2.58. The first-order valence-electron chi connectivity index (χ1n) is 11.0. The second-order valence-corrected chi connectivity index (χ2v) is 8.25. The number of nitrogens with one attached hydrogen (secondary N) is 2. The number of imidazole rings is 1. The van der Waals surface area contributed by atoms with Gasteiger partial charge < -0.3 is 26.4 Å². The SMILES string of the molecule is Cc1nc2c(C(N)=O)cccn2c1-c1nc2c(c(NCc3cccc(B(O)O)c3)n1)CNCC2. The summed E-state index contributed by atoms with van der Waals surface area (Å²) in [6, 6.07) is 10.5. The van der Waals surface area contributed by atoms with E-state index < -0.39 is 13.0 Å². The van der Waals surface area contributed by atoms with Crippen molar-refractivity contribution in [1.29, 1.82) is 0 Å². The number of hydrogen-bond acceptors (Lipinski definition) is 8. The highest BCUT2D eigenvalue weighted by molar-refractivity contribution is 6.58. The Labute approximate surface area is 196 Å². The standard InChI is InChI=1S/C23H24BN7O3/c1-13-19(31-9-3-6-16(20(25)32)23(31)28-13)22-29-18-7-8-26-12-17(18)21(30-22)27-11-14-4-2-5-15(10-14)24(33)34/h2-6,9-10,26,33-34H,7-8,11-12H2,1H3,(H2,25,32)(H,27,29,30). The van der Waals surface area contributed by atoms with Crippen molar-refractivity contribution in [2.45, 2.75) is 26.4 Å². The van der Waals surface area contributed by atoms with Gasteiger partial charge in [0.1, 0.15) is 17.2 Å². The fraction of sp³-hybridized carbons (Fsp3) is 0.217. The molecule has 4 aromatic rings. The van der Waals surface area contributed by atoms with Crippen LogP contribution < -0.4 is 21.8 Å². The Hall–Kier alpha value is -3.80. The van der Waals surface area contributed by atoms with Gasteiger partial charge in [-0.25, -0.2) is 15.0 Å². The Bertz CT molecular complexity index is 1400. The number of pyridine rings is 1. The van der Waals surface area contributed by atoms with Gasteiger partial charge in [-0.05, 0) is 30.1 Å². The zero-order chi connectivity index (χ0) is 23.8. The molecule has 0 saturated carbocycles. The summed E-state index contributed by atoms with van der Waals surface area (Å²) in [5, 5.41) is 25.7. The number of nitrogens with zero attached hydrogens (tertiary/aromatic N) is 4. The molecule has 34 heavy (non-hydrogen) atoms. The molecule has 0 saturated heterocycles. The topological polar surface area (TPSA) is 151 Å². The number of carbonyl (C=O) groups excluding carboxylic acids is 1. The Morgan fingerprint density at radius 1 is 1.24 bits per heavy atom. The van der Waals surface area contributed by atoms with Crippen molar-refractivity contribution >= 4 is 30.0 Å². The minimum absolute atomic E-state index is 0.336. The molecule has 11 heteroatoms. The number of anilines is 1. The number of aromatic nitrogens is 4. The van der Waals surface area contributed by atoms with E-state index in [9.17, 15) is 14.8 Å². The molecule has 0 radical (unpaired) electrons. The first kappa shape index (κ1) is 22.0. The van der Waals surface area contributed by atoms with E-state index in [-0.39, 0.29) is 0 Å². The number of carbonyl (C=O) groups is 1. The Morgan fingerprint density at radius 2 is 2.09 bits per heavy atom. The van der Waals surface area contributed by atoms with Gasteiger partial charge >= 0.3 is 7.12 Å². The van der Waals surface area contributed by atoms with Crippen molar-refractivity contribution in [2.75, 3.05) is 11.9 Å². The van der Waals surface area contributed by atoms with Gasteiger partial charge in [0, 0.05) is 37.8 Å². The Balaban J connectivity index is 1.57. The molecule has 1 aliphatic heterocycles. The number of fused-ring (bicyclic) bond motifs is 2. The van der Waals surface area contributed by atoms with E-state index in [2.05, 4.69) is 15.6 Å². The van der Waals surface area contributed by atoms with Gasteiger partial charge in [-0.15, -0.1) is 0 Å². The third-order valence-electron chi connectivity index (χ3n) is 5.94. The number of rotatable bonds is 6. The molecule has 10 nitrogen and oxygen atoms in total. The van der Waals surface area contributed by atoms with Crippen LogP contribution in [-0.4, -0.2) is 49.0 Å². The van der Waals surface area contributed by atoms with Gasteiger partial charge in [-0.1, -0.05) is 24.3 Å². The molecule has 3 aromatic heterocycles. The summed E-state index contributed by atoms with van der Waals surface area (Å²) in [4.78, 5) is 26.2. The van der Waals surface area contributed by atoms with Crippen LogP contribution in [0.5, 0.6) is 0 Å². The van der Waals surface area contributed by atoms with Crippen LogP contribution in [0.3, 0.4) is 0 Å². The van der Waals surface area contributed by atoms with Crippen LogP contribution in [0.25, 0.3) is 17.2 Å². The van der Waals surface area contributed by atoms with Crippen molar-refractivity contribution in [3.63, 3.8) is 0 Å². The van der Waals surface area contributed by atoms with Crippen LogP contribution in [0.15, 0.2) is 42.6 Å². The predicted octanol–water partition coefficient (Wildman–Crippen LogP) is 0.136. The Morgan fingerprint density at radius 3 is 2.88 bits per heavy atom. The highest BCUT2D eigenvalue weighted by Gasteiger charge is 2.23. The van der Waals surface area contributed by atoms with E-state index in [1.807, 2.05) is 19.2 Å². The van der Waals surface area contributed by atoms with Crippen molar-refractivity contribution in [1.82, 2.24) is 24.7 Å². The largest absolute Gasteiger partial charge is 0.488 e. The number of primary amides is 1. The average molecular weight is 457 g/mol. The third kappa shape index (κ3) is 4.00. The average Bonchev–Trinajstić information content (AvgIpc) is 3.18. The zero-order valence-corrected chi connectivity index (χ0v) is 18.6. The maximum atomic E-state index is 11.9. The van der Waals surface area contributed by atoms with Crippen molar-refractivity contribution in [3.05, 3.63) is 70.7 Å². The molecule has 1 aliphatic rings. The maximum absolute atomic E-state index is 11.9. The summed E-state index contributed by atoms with van der Waals surface area (Å²) in [5.74, 6) is 0.661. The molecule has 0 spiro atoms. The smallest absolute Gasteiger partial charge is 0.423 e. The fourth-order valence-electron chi connectivity index (χ4n) is 4.29. The van der Waals surface area contributed by atoms with Crippen LogP contribution in [0.2, 0.25) is 0 Å². The van der Waals surface area contributed by atoms with Crippen LogP contribution in [0.1, 0.15) is 32.9 Å². The molecule has 0 atom stereocenters. The van der Waals surface area contributed by atoms with E-state index in [1.54, 1.807) is 34.7 Å². The Kier molecular flexibility index (Phi) is 5.74. The quantitative estimate of drug-likeness (QED) is 0.257. The zero-order valence-electron chi connectivity index (χ0n) is 18.6. The number of aryl methyl sites for hydroxylation is 1. The molecular formula is C23H24BN7O3. The van der Waals surface area contributed by atoms with E-state index in [4.69, 9.17) is 15.7 Å². The van der Waals surface area contributed by atoms with Crippen LogP contribution >= 0.6 is 0 Å². The minimum Gasteiger partial charge on any atom is -0.423 e. The minimum atomic E-state index is -1.52. The lowest BCUT2D eigenvalue weighted by atomic mass is 9.79. The molecule has 1 aromatic carbocycles. The fourth-order valence-corrected chi connectivity index (χ4v) is 4.29. The summed E-state index contributed by atoms with van der Waals surface area (Å²) in [6.45, 7) is 3.76. The lowest BCUT2D eigenvalue weighted by Gasteiger charge is -2.21. The van der Waals surface area contributed by atoms with E-state index in [1.165, 1.54) is 0 Å². The van der Waals surface area contributed by atoms with Crippen LogP contribution in [0.4, 0.5) is 5.82 Å². The van der Waals surface area contributed by atoms with E-state index in [0.717, 1.165) is 29.8 Å². The molecule has 0 unspecified atom stereocenters. The molecule has 0 bridgehead atoms. The summed E-state index contributed by atoms with van der Waals surface area (Å²) < 4.78 is 1.80. The second kappa shape index (κ2) is 8.86. The number of benzene rings is 1. The first-order valence-corrected chi connectivity index (χ1v) is 11.0. The maximum Gasteiger partial charge on any atom is 0.488 e. The summed E-state index contributed by atoms with van der Waals surface area (Å²) in [5.41, 5.74) is 11.0. The van der Waals surface area contributed by atoms with Gasteiger partial charge in [0.25, 0.3) is 5.91 Å². The van der Waals surface area contributed by atoms with E-state index >= 15 is 0 Å². The number of nitrogens with two attached hydrogens (primary N) is 1. The highest BCUT2D eigenvalue weighted by atomic mass is 16.4. The molecule has 6 N–H and O–H groups in total. The molecule has 1 amide bonds. The lowest BCUT2D eigenvalue weighted by molar-refractivity contribution is 0.100. The molecule has 0 aliphatic carbocycles. The van der Waals surface area contributed by atoms with Gasteiger partial charge in [0.15, 0.2) is 5.82 Å². The monoisotopic (exact) mass is 457 g/mol. The molecular weight excluding hydrogens is 433 g/mol. The molecule has 172 valence electrons. The lowest BCUT2D eigenvalue weighted by Crippen LogP contribution is -2.30. The van der Waals surface area contributed by atoms with Crippen LogP contribution in [-0.2, 0) is 19.5 Å². The van der Waals surface area contributed by atoms with Gasteiger partial charge in [-0.2, -0.15) is 0 Å². The van der Waals surface area contributed by atoms with Gasteiger partial charge in [0.2, 0.25) is 0 Å². The summed E-state index contributed by atoms with van der Waals surface area (Å²) in [7, 11) is -1.52. The number of amides is 1. The number of hydrogen-bond donors (Lipinski definition) is 5.